The molecule has 0 aliphatic rings. The van der Waals surface area contributed by atoms with Gasteiger partial charge in [0.05, 0.1) is 17.9 Å². The third kappa shape index (κ3) is 2.86. The van der Waals surface area contributed by atoms with Crippen LogP contribution in [0.1, 0.15) is 31.5 Å². The number of rotatable bonds is 4. The maximum Gasteiger partial charge on any atom is 0.195 e. The van der Waals surface area contributed by atoms with Gasteiger partial charge >= 0.3 is 0 Å². The molecule has 21 heavy (non-hydrogen) atoms. The zero-order valence-corrected chi connectivity index (χ0v) is 11.9. The van der Waals surface area contributed by atoms with E-state index in [1.807, 2.05) is 32.0 Å². The molecule has 3 aromatic rings. The number of anilines is 1. The molecule has 0 fully saturated rings. The third-order valence-electron chi connectivity index (χ3n) is 3.31. The summed E-state index contributed by atoms with van der Waals surface area (Å²) in [6.45, 7) is 3.98. The molecular weight excluding hydrogens is 269 g/mol. The third-order valence-corrected chi connectivity index (χ3v) is 3.31. The molecule has 0 saturated heterocycles. The van der Waals surface area contributed by atoms with E-state index in [4.69, 9.17) is 4.42 Å². The molecule has 0 aliphatic heterocycles. The van der Waals surface area contributed by atoms with Gasteiger partial charge in [-0.25, -0.2) is 9.37 Å². The van der Waals surface area contributed by atoms with Crippen molar-refractivity contribution in [3.8, 4) is 0 Å². The quantitative estimate of drug-likeness (QED) is 0.784. The topological polar surface area (TPSA) is 51.0 Å². The lowest BCUT2D eigenvalue weighted by atomic mass is 10.2. The number of aromatic nitrogens is 2. The highest BCUT2D eigenvalue weighted by atomic mass is 19.1. The van der Waals surface area contributed by atoms with Gasteiger partial charge in [0.25, 0.3) is 0 Å². The minimum Gasteiger partial charge on any atom is -0.441 e. The second-order valence-electron chi connectivity index (χ2n) is 4.91. The van der Waals surface area contributed by atoms with Crippen LogP contribution in [0, 0.1) is 5.82 Å². The SMILES string of the molecule is CCc1nc2cc(NC(C)c3ccc(F)cn3)ccc2o1. The lowest BCUT2D eigenvalue weighted by molar-refractivity contribution is 0.538. The molecular formula is C16H16FN3O. The second kappa shape index (κ2) is 5.52. The predicted molar refractivity (Wildman–Crippen MR) is 79.6 cm³/mol. The van der Waals surface area contributed by atoms with E-state index >= 15 is 0 Å². The molecule has 1 atom stereocenters. The van der Waals surface area contributed by atoms with Gasteiger partial charge in [0.2, 0.25) is 0 Å². The van der Waals surface area contributed by atoms with E-state index in [1.165, 1.54) is 12.3 Å². The van der Waals surface area contributed by atoms with Crippen molar-refractivity contribution in [2.24, 2.45) is 0 Å². The Morgan fingerprint density at radius 1 is 1.29 bits per heavy atom. The summed E-state index contributed by atoms with van der Waals surface area (Å²) in [7, 11) is 0. The summed E-state index contributed by atoms with van der Waals surface area (Å²) in [6.07, 6.45) is 2.00. The highest BCUT2D eigenvalue weighted by Gasteiger charge is 2.09. The molecule has 2 aromatic heterocycles. The average molecular weight is 285 g/mol. The van der Waals surface area contributed by atoms with Crippen molar-refractivity contribution in [1.82, 2.24) is 9.97 Å². The molecule has 0 saturated carbocycles. The molecule has 3 rings (SSSR count). The summed E-state index contributed by atoms with van der Waals surface area (Å²) in [5.41, 5.74) is 3.32. The first-order chi connectivity index (χ1) is 10.2. The molecule has 0 aliphatic carbocycles. The van der Waals surface area contributed by atoms with Gasteiger partial charge in [0.15, 0.2) is 11.5 Å². The van der Waals surface area contributed by atoms with Crippen LogP contribution in [0.4, 0.5) is 10.1 Å². The Kier molecular flexibility index (Phi) is 3.56. The monoisotopic (exact) mass is 285 g/mol. The Morgan fingerprint density at radius 3 is 2.86 bits per heavy atom. The number of halogens is 1. The van der Waals surface area contributed by atoms with Gasteiger partial charge in [0, 0.05) is 12.1 Å². The summed E-state index contributed by atoms with van der Waals surface area (Å²) in [4.78, 5) is 8.49. The van der Waals surface area contributed by atoms with E-state index in [-0.39, 0.29) is 11.9 Å². The van der Waals surface area contributed by atoms with E-state index < -0.39 is 0 Å². The van der Waals surface area contributed by atoms with Crippen molar-refractivity contribution in [2.75, 3.05) is 5.32 Å². The van der Waals surface area contributed by atoms with Gasteiger partial charge in [-0.2, -0.15) is 0 Å². The van der Waals surface area contributed by atoms with Gasteiger partial charge in [-0.3, -0.25) is 4.98 Å². The second-order valence-corrected chi connectivity index (χ2v) is 4.91. The Balaban J connectivity index is 1.82. The van der Waals surface area contributed by atoms with Crippen molar-refractivity contribution in [3.05, 3.63) is 53.9 Å². The molecule has 108 valence electrons. The number of oxazole rings is 1. The number of aryl methyl sites for hydroxylation is 1. The van der Waals surface area contributed by atoms with Crippen LogP contribution in [-0.4, -0.2) is 9.97 Å². The molecule has 5 heteroatoms. The first-order valence-electron chi connectivity index (χ1n) is 6.93. The Labute approximate surface area is 122 Å². The molecule has 1 N–H and O–H groups in total. The number of nitrogens with one attached hydrogen (secondary N) is 1. The number of hydrogen-bond acceptors (Lipinski definition) is 4. The van der Waals surface area contributed by atoms with Crippen LogP contribution in [0.2, 0.25) is 0 Å². The Morgan fingerprint density at radius 2 is 2.14 bits per heavy atom. The Bertz CT molecular complexity index is 752. The first kappa shape index (κ1) is 13.5. The molecule has 0 radical (unpaired) electrons. The maximum absolute atomic E-state index is 12.9. The number of nitrogens with zero attached hydrogens (tertiary/aromatic N) is 2. The van der Waals surface area contributed by atoms with Crippen LogP contribution < -0.4 is 5.32 Å². The molecule has 2 heterocycles. The van der Waals surface area contributed by atoms with Crippen molar-refractivity contribution in [1.29, 1.82) is 0 Å². The zero-order valence-electron chi connectivity index (χ0n) is 11.9. The highest BCUT2D eigenvalue weighted by Crippen LogP contribution is 2.23. The maximum atomic E-state index is 12.9. The van der Waals surface area contributed by atoms with Gasteiger partial charge in [-0.15, -0.1) is 0 Å². The number of pyridine rings is 1. The van der Waals surface area contributed by atoms with E-state index in [1.54, 1.807) is 6.07 Å². The summed E-state index contributed by atoms with van der Waals surface area (Å²) >= 11 is 0. The van der Waals surface area contributed by atoms with Crippen LogP contribution in [0.15, 0.2) is 40.9 Å². The van der Waals surface area contributed by atoms with E-state index in [2.05, 4.69) is 15.3 Å². The average Bonchev–Trinajstić information content (AvgIpc) is 2.90. The first-order valence-corrected chi connectivity index (χ1v) is 6.93. The van der Waals surface area contributed by atoms with E-state index in [0.29, 0.717) is 0 Å². The normalized spacial score (nSPS) is 12.5. The van der Waals surface area contributed by atoms with Crippen molar-refractivity contribution >= 4 is 16.8 Å². The highest BCUT2D eigenvalue weighted by molar-refractivity contribution is 5.77. The van der Waals surface area contributed by atoms with Crippen LogP contribution >= 0.6 is 0 Å². The molecule has 1 aromatic carbocycles. The number of hydrogen-bond donors (Lipinski definition) is 1. The van der Waals surface area contributed by atoms with Gasteiger partial charge in [0.1, 0.15) is 11.3 Å². The fraction of sp³-hybridized carbons (Fsp3) is 0.250. The molecule has 0 spiro atoms. The van der Waals surface area contributed by atoms with E-state index in [9.17, 15) is 4.39 Å². The largest absolute Gasteiger partial charge is 0.441 e. The minimum atomic E-state index is -0.331. The smallest absolute Gasteiger partial charge is 0.195 e. The fourth-order valence-corrected chi connectivity index (χ4v) is 2.18. The molecule has 4 nitrogen and oxygen atoms in total. The summed E-state index contributed by atoms with van der Waals surface area (Å²) in [6, 6.07) is 8.84. The standard InChI is InChI=1S/C16H16FN3O/c1-3-16-20-14-8-12(5-7-15(14)21-16)19-10(2)13-6-4-11(17)9-18-13/h4-10,19H,3H2,1-2H3. The Hall–Kier alpha value is -2.43. The predicted octanol–water partition coefficient (Wildman–Crippen LogP) is 4.10. The number of benzene rings is 1. The summed E-state index contributed by atoms with van der Waals surface area (Å²) < 4.78 is 18.5. The lowest BCUT2D eigenvalue weighted by Crippen LogP contribution is -2.08. The summed E-state index contributed by atoms with van der Waals surface area (Å²) in [5, 5.41) is 3.33. The van der Waals surface area contributed by atoms with Crippen LogP contribution in [0.5, 0.6) is 0 Å². The van der Waals surface area contributed by atoms with Crippen LogP contribution in [-0.2, 0) is 6.42 Å². The van der Waals surface area contributed by atoms with Gasteiger partial charge in [-0.05, 0) is 37.3 Å². The van der Waals surface area contributed by atoms with Crippen LogP contribution in [0.3, 0.4) is 0 Å². The van der Waals surface area contributed by atoms with Crippen molar-refractivity contribution in [2.45, 2.75) is 26.3 Å². The minimum absolute atomic E-state index is 0.0272. The molecule has 1 unspecified atom stereocenters. The lowest BCUT2D eigenvalue weighted by Gasteiger charge is -2.14. The zero-order chi connectivity index (χ0) is 14.8. The van der Waals surface area contributed by atoms with Gasteiger partial charge in [-0.1, -0.05) is 6.92 Å². The fourth-order valence-electron chi connectivity index (χ4n) is 2.18. The van der Waals surface area contributed by atoms with Gasteiger partial charge < -0.3 is 9.73 Å². The van der Waals surface area contributed by atoms with E-state index in [0.717, 1.165) is 34.8 Å². The van der Waals surface area contributed by atoms with Crippen molar-refractivity contribution in [3.63, 3.8) is 0 Å². The molecule has 0 amide bonds. The van der Waals surface area contributed by atoms with Crippen LogP contribution in [0.25, 0.3) is 11.1 Å². The molecule has 0 bridgehead atoms. The number of fused-ring (bicyclic) bond motifs is 1. The summed E-state index contributed by atoms with van der Waals surface area (Å²) in [5.74, 6) is 0.400. The van der Waals surface area contributed by atoms with Crippen molar-refractivity contribution < 1.29 is 8.81 Å².